The molecule has 0 aliphatic heterocycles. The monoisotopic (exact) mass is 557 g/mol. The molecule has 0 aromatic heterocycles. The molecule has 0 aliphatic rings. The highest BCUT2D eigenvalue weighted by atomic mass is 32.2. The molecule has 0 unspecified atom stereocenters. The summed E-state index contributed by atoms with van der Waals surface area (Å²) in [6, 6.07) is 29.3. The number of carbonyl (C=O) groups excluding carboxylic acids is 2. The largest absolute Gasteiger partial charge is 0.497 e. The lowest BCUT2D eigenvalue weighted by Crippen LogP contribution is -2.38. The molecule has 40 heavy (non-hydrogen) atoms. The maximum Gasteiger partial charge on any atom is 0.264 e. The van der Waals surface area contributed by atoms with Crippen LogP contribution in [0.4, 0.5) is 11.4 Å². The first-order valence-corrected chi connectivity index (χ1v) is 14.2. The summed E-state index contributed by atoms with van der Waals surface area (Å²) in [6.45, 7) is 1.76. The number of sulfonamides is 1. The summed E-state index contributed by atoms with van der Waals surface area (Å²) in [4.78, 5) is 26.3. The molecule has 0 bridgehead atoms. The SMILES string of the molecule is COc1cccc(N(CC(=O)Nc2ccccc2C(=O)NCCc2ccccc2)S(=O)(=O)c2ccc(C)cc2)c1. The Bertz CT molecular complexity index is 1570. The first-order chi connectivity index (χ1) is 19.3. The standard InChI is InChI=1S/C31H31N3O5S/c1-23-15-17-27(18-16-23)40(37,38)34(25-11-8-12-26(21-25)39-2)22-30(35)33-29-14-7-6-13-28(29)31(36)32-20-19-24-9-4-3-5-10-24/h3-18,21H,19-20,22H2,1-2H3,(H,32,36)(H,33,35). The number of aryl methyl sites for hydroxylation is 1. The molecule has 9 heteroatoms. The van der Waals surface area contributed by atoms with Crippen molar-refractivity contribution >= 4 is 33.2 Å². The van der Waals surface area contributed by atoms with E-state index in [9.17, 15) is 18.0 Å². The van der Waals surface area contributed by atoms with Crippen LogP contribution < -0.4 is 19.7 Å². The van der Waals surface area contributed by atoms with Gasteiger partial charge in [0.05, 0.1) is 28.9 Å². The molecule has 0 heterocycles. The van der Waals surface area contributed by atoms with Crippen LogP contribution in [0.3, 0.4) is 0 Å². The number of rotatable bonds is 11. The van der Waals surface area contributed by atoms with Crippen molar-refractivity contribution in [2.75, 3.05) is 29.8 Å². The van der Waals surface area contributed by atoms with E-state index in [1.54, 1.807) is 60.7 Å². The molecule has 8 nitrogen and oxygen atoms in total. The van der Waals surface area contributed by atoms with Gasteiger partial charge in [-0.2, -0.15) is 0 Å². The van der Waals surface area contributed by atoms with E-state index >= 15 is 0 Å². The van der Waals surface area contributed by atoms with Crippen LogP contribution in [-0.4, -0.2) is 40.4 Å². The first kappa shape index (κ1) is 28.4. The molecule has 0 spiro atoms. The predicted molar refractivity (Wildman–Crippen MR) is 156 cm³/mol. The van der Waals surface area contributed by atoms with E-state index < -0.39 is 22.5 Å². The minimum Gasteiger partial charge on any atom is -0.497 e. The van der Waals surface area contributed by atoms with Crippen LogP contribution in [0.2, 0.25) is 0 Å². The molecule has 4 aromatic rings. The lowest BCUT2D eigenvalue weighted by Gasteiger charge is -2.24. The Labute approximate surface area is 234 Å². The quantitative estimate of drug-likeness (QED) is 0.275. The number of nitrogens with one attached hydrogen (secondary N) is 2. The van der Waals surface area contributed by atoms with E-state index in [-0.39, 0.29) is 27.7 Å². The highest BCUT2D eigenvalue weighted by Crippen LogP contribution is 2.27. The van der Waals surface area contributed by atoms with E-state index in [0.717, 1.165) is 15.4 Å². The maximum atomic E-state index is 13.7. The summed E-state index contributed by atoms with van der Waals surface area (Å²) < 4.78 is 33.7. The molecule has 4 rings (SSSR count). The molecule has 0 saturated heterocycles. The normalized spacial score (nSPS) is 10.9. The van der Waals surface area contributed by atoms with Crippen molar-refractivity contribution in [1.29, 1.82) is 0 Å². The number of hydrogen-bond donors (Lipinski definition) is 2. The third-order valence-electron chi connectivity index (χ3n) is 6.23. The Hall–Kier alpha value is -4.63. The summed E-state index contributed by atoms with van der Waals surface area (Å²) in [6.07, 6.45) is 0.660. The smallest absolute Gasteiger partial charge is 0.264 e. The third-order valence-corrected chi connectivity index (χ3v) is 8.01. The number of benzene rings is 4. The number of methoxy groups -OCH3 is 1. The summed E-state index contributed by atoms with van der Waals surface area (Å²) >= 11 is 0. The number of hydrogen-bond acceptors (Lipinski definition) is 5. The van der Waals surface area contributed by atoms with Gasteiger partial charge in [0.15, 0.2) is 0 Å². The molecule has 0 aliphatic carbocycles. The van der Waals surface area contributed by atoms with Gasteiger partial charge in [-0.05, 0) is 55.3 Å². The summed E-state index contributed by atoms with van der Waals surface area (Å²) in [5.41, 5.74) is 2.82. The van der Waals surface area contributed by atoms with Crippen LogP contribution in [-0.2, 0) is 21.2 Å². The fourth-order valence-electron chi connectivity index (χ4n) is 4.09. The molecule has 0 fully saturated rings. The predicted octanol–water partition coefficient (Wildman–Crippen LogP) is 4.81. The zero-order chi connectivity index (χ0) is 28.5. The van der Waals surface area contributed by atoms with Crippen molar-refractivity contribution in [3.05, 3.63) is 120 Å². The molecule has 206 valence electrons. The topological polar surface area (TPSA) is 105 Å². The fourth-order valence-corrected chi connectivity index (χ4v) is 5.50. The minimum atomic E-state index is -4.11. The number of anilines is 2. The molecule has 0 saturated carbocycles. The highest BCUT2D eigenvalue weighted by Gasteiger charge is 2.28. The second kappa shape index (κ2) is 12.9. The summed E-state index contributed by atoms with van der Waals surface area (Å²) in [5.74, 6) is -0.508. The van der Waals surface area contributed by atoms with Crippen molar-refractivity contribution in [1.82, 2.24) is 5.32 Å². The molecule has 2 N–H and O–H groups in total. The highest BCUT2D eigenvalue weighted by molar-refractivity contribution is 7.92. The zero-order valence-corrected chi connectivity index (χ0v) is 23.1. The zero-order valence-electron chi connectivity index (χ0n) is 22.3. The van der Waals surface area contributed by atoms with Gasteiger partial charge in [0.2, 0.25) is 5.91 Å². The van der Waals surface area contributed by atoms with Gasteiger partial charge in [-0.3, -0.25) is 13.9 Å². The fraction of sp³-hybridized carbons (Fsp3) is 0.161. The Morgan fingerprint density at radius 1 is 0.850 bits per heavy atom. The van der Waals surface area contributed by atoms with Crippen LogP contribution in [0.1, 0.15) is 21.5 Å². The van der Waals surface area contributed by atoms with Gasteiger partial charge in [0, 0.05) is 12.6 Å². The van der Waals surface area contributed by atoms with Crippen molar-refractivity contribution in [2.45, 2.75) is 18.2 Å². The van der Waals surface area contributed by atoms with Crippen LogP contribution in [0.25, 0.3) is 0 Å². The summed E-state index contributed by atoms with van der Waals surface area (Å²) in [7, 11) is -2.63. The Balaban J connectivity index is 1.54. The molecule has 0 radical (unpaired) electrons. The number of nitrogens with zero attached hydrogens (tertiary/aromatic N) is 1. The number of carbonyl (C=O) groups is 2. The second-order valence-corrected chi connectivity index (χ2v) is 11.0. The third kappa shape index (κ3) is 7.06. The van der Waals surface area contributed by atoms with E-state index in [2.05, 4.69) is 10.6 Å². The van der Waals surface area contributed by atoms with E-state index in [4.69, 9.17) is 4.74 Å². The van der Waals surface area contributed by atoms with Gasteiger partial charge in [-0.1, -0.05) is 66.2 Å². The minimum absolute atomic E-state index is 0.0481. The van der Waals surface area contributed by atoms with E-state index in [1.165, 1.54) is 19.2 Å². The van der Waals surface area contributed by atoms with Crippen molar-refractivity contribution in [3.8, 4) is 5.75 Å². The van der Waals surface area contributed by atoms with Crippen molar-refractivity contribution in [2.24, 2.45) is 0 Å². The number of ether oxygens (including phenoxy) is 1. The van der Waals surface area contributed by atoms with Crippen LogP contribution in [0.5, 0.6) is 5.75 Å². The summed E-state index contributed by atoms with van der Waals surface area (Å²) in [5, 5.41) is 5.60. The van der Waals surface area contributed by atoms with Crippen LogP contribution >= 0.6 is 0 Å². The maximum absolute atomic E-state index is 13.7. The van der Waals surface area contributed by atoms with Gasteiger partial charge >= 0.3 is 0 Å². The van der Waals surface area contributed by atoms with Crippen LogP contribution in [0, 0.1) is 6.92 Å². The van der Waals surface area contributed by atoms with Crippen molar-refractivity contribution in [3.63, 3.8) is 0 Å². The van der Waals surface area contributed by atoms with E-state index in [0.29, 0.717) is 18.7 Å². The molecule has 4 aromatic carbocycles. The van der Waals surface area contributed by atoms with E-state index in [1.807, 2.05) is 37.3 Å². The second-order valence-electron chi connectivity index (χ2n) is 9.11. The average molecular weight is 558 g/mol. The molecule has 0 atom stereocenters. The molecule has 2 amide bonds. The van der Waals surface area contributed by atoms with Gasteiger partial charge in [0.1, 0.15) is 12.3 Å². The molecular formula is C31H31N3O5S. The van der Waals surface area contributed by atoms with Gasteiger partial charge < -0.3 is 15.4 Å². The van der Waals surface area contributed by atoms with Gasteiger partial charge in [-0.15, -0.1) is 0 Å². The van der Waals surface area contributed by atoms with Crippen molar-refractivity contribution < 1.29 is 22.7 Å². The first-order valence-electron chi connectivity index (χ1n) is 12.7. The number of para-hydroxylation sites is 1. The lowest BCUT2D eigenvalue weighted by molar-refractivity contribution is -0.114. The van der Waals surface area contributed by atoms with Gasteiger partial charge in [0.25, 0.3) is 15.9 Å². The van der Waals surface area contributed by atoms with Gasteiger partial charge in [-0.25, -0.2) is 8.42 Å². The Kier molecular flexibility index (Phi) is 9.19. The Morgan fingerprint density at radius 3 is 2.27 bits per heavy atom. The number of amides is 2. The Morgan fingerprint density at radius 2 is 1.55 bits per heavy atom. The molecular weight excluding hydrogens is 526 g/mol. The van der Waals surface area contributed by atoms with Crippen LogP contribution in [0.15, 0.2) is 108 Å². The lowest BCUT2D eigenvalue weighted by atomic mass is 10.1. The average Bonchev–Trinajstić information content (AvgIpc) is 2.97.